The number of benzene rings is 1. The first-order chi connectivity index (χ1) is 9.01. The van der Waals surface area contributed by atoms with Crippen molar-refractivity contribution in [1.29, 1.82) is 0 Å². The van der Waals surface area contributed by atoms with E-state index >= 15 is 0 Å². The molecule has 104 valence electrons. The van der Waals surface area contributed by atoms with Gasteiger partial charge in [0.05, 0.1) is 16.6 Å². The summed E-state index contributed by atoms with van der Waals surface area (Å²) in [5, 5.41) is 11.0. The van der Waals surface area contributed by atoms with E-state index in [0.29, 0.717) is 6.42 Å². The number of hydrogen-bond acceptors (Lipinski definition) is 5. The zero-order valence-electron chi connectivity index (χ0n) is 10.6. The summed E-state index contributed by atoms with van der Waals surface area (Å²) in [6, 6.07) is 4.17. The molecule has 1 rings (SSSR count). The van der Waals surface area contributed by atoms with Gasteiger partial charge < -0.3 is 9.47 Å². The minimum Gasteiger partial charge on any atom is -0.470 e. The zero-order chi connectivity index (χ0) is 14.4. The van der Waals surface area contributed by atoms with Crippen molar-refractivity contribution in [2.24, 2.45) is 0 Å². The van der Waals surface area contributed by atoms with Gasteiger partial charge in [-0.1, -0.05) is 24.6 Å². The molecule has 0 aromatic heterocycles. The Hall–Kier alpha value is -1.82. The van der Waals surface area contributed by atoms with E-state index in [1.807, 2.05) is 0 Å². The molecule has 0 heterocycles. The lowest BCUT2D eigenvalue weighted by Gasteiger charge is -2.16. The Balaban J connectivity index is 3.03. The molecule has 0 amide bonds. The molecule has 0 aliphatic rings. The minimum absolute atomic E-state index is 0.0805. The average Bonchev–Trinajstić information content (AvgIpc) is 2.37. The van der Waals surface area contributed by atoms with Crippen LogP contribution in [0.4, 0.5) is 5.69 Å². The van der Waals surface area contributed by atoms with E-state index in [-0.39, 0.29) is 23.1 Å². The highest BCUT2D eigenvalue weighted by atomic mass is 35.5. The van der Waals surface area contributed by atoms with Crippen molar-refractivity contribution in [3.63, 3.8) is 0 Å². The van der Waals surface area contributed by atoms with Crippen molar-refractivity contribution in [3.8, 4) is 5.75 Å². The van der Waals surface area contributed by atoms with Crippen LogP contribution >= 0.6 is 11.6 Å². The number of esters is 1. The number of para-hydroxylation sites is 1. The third-order valence-corrected chi connectivity index (χ3v) is 2.62. The first-order valence-electron chi connectivity index (χ1n) is 5.77. The van der Waals surface area contributed by atoms with Gasteiger partial charge in [-0.15, -0.1) is 0 Å². The second-order valence-electron chi connectivity index (χ2n) is 3.61. The van der Waals surface area contributed by atoms with Gasteiger partial charge >= 0.3 is 11.7 Å². The number of nitro benzene ring substituents is 1. The number of nitrogens with zero attached hydrogens (tertiary/aromatic N) is 1. The predicted octanol–water partition coefficient (Wildman–Crippen LogP) is 2.97. The normalized spacial score (nSPS) is 11.7. The molecule has 0 fully saturated rings. The maximum absolute atomic E-state index is 11.6. The van der Waals surface area contributed by atoms with E-state index < -0.39 is 17.0 Å². The van der Waals surface area contributed by atoms with Crippen LogP contribution in [0.1, 0.15) is 20.3 Å². The molecule has 1 aromatic carbocycles. The fourth-order valence-corrected chi connectivity index (χ4v) is 1.65. The Morgan fingerprint density at radius 2 is 2.16 bits per heavy atom. The molecule has 0 N–H and O–H groups in total. The Bertz CT molecular complexity index is 477. The summed E-state index contributed by atoms with van der Waals surface area (Å²) >= 11 is 5.87. The highest BCUT2D eigenvalue weighted by Crippen LogP contribution is 2.35. The van der Waals surface area contributed by atoms with Gasteiger partial charge in [0.2, 0.25) is 5.75 Å². The number of carbonyl (C=O) groups is 1. The van der Waals surface area contributed by atoms with Gasteiger partial charge in [-0.25, -0.2) is 4.79 Å². The molecule has 0 bridgehead atoms. The number of rotatable bonds is 6. The van der Waals surface area contributed by atoms with Crippen molar-refractivity contribution in [3.05, 3.63) is 33.3 Å². The second-order valence-corrected chi connectivity index (χ2v) is 4.02. The molecule has 1 aromatic rings. The van der Waals surface area contributed by atoms with Crippen molar-refractivity contribution in [2.75, 3.05) is 6.61 Å². The SMILES string of the molecule is CCOC(=O)[C@@H](CC)Oc1c(Cl)cccc1[N+](=O)[O-]. The van der Waals surface area contributed by atoms with E-state index in [4.69, 9.17) is 21.1 Å². The van der Waals surface area contributed by atoms with Gasteiger partial charge in [-0.2, -0.15) is 0 Å². The number of carbonyl (C=O) groups excluding carboxylic acids is 1. The first-order valence-corrected chi connectivity index (χ1v) is 6.15. The lowest BCUT2D eigenvalue weighted by Crippen LogP contribution is -2.29. The molecular weight excluding hydrogens is 274 g/mol. The molecule has 0 spiro atoms. The topological polar surface area (TPSA) is 78.7 Å². The van der Waals surface area contributed by atoms with Crippen LogP contribution < -0.4 is 4.74 Å². The average molecular weight is 288 g/mol. The standard InChI is InChI=1S/C12H14ClNO5/c1-3-10(12(15)18-4-2)19-11-8(13)6-5-7-9(11)14(16)17/h5-7,10H,3-4H2,1-2H3/t10-/m1/s1. The maximum atomic E-state index is 11.6. The summed E-state index contributed by atoms with van der Waals surface area (Å²) in [4.78, 5) is 21.9. The largest absolute Gasteiger partial charge is 0.470 e. The van der Waals surface area contributed by atoms with E-state index in [0.717, 1.165) is 0 Å². The van der Waals surface area contributed by atoms with Crippen LogP contribution in [0.15, 0.2) is 18.2 Å². The minimum atomic E-state index is -0.918. The molecule has 6 nitrogen and oxygen atoms in total. The molecular formula is C12H14ClNO5. The van der Waals surface area contributed by atoms with Gasteiger partial charge in [-0.3, -0.25) is 10.1 Å². The van der Waals surface area contributed by atoms with Crippen LogP contribution in [0, 0.1) is 10.1 Å². The van der Waals surface area contributed by atoms with Gasteiger partial charge in [-0.05, 0) is 19.4 Å². The lowest BCUT2D eigenvalue weighted by atomic mass is 10.2. The quantitative estimate of drug-likeness (QED) is 0.456. The monoisotopic (exact) mass is 287 g/mol. The summed E-state index contributed by atoms with van der Waals surface area (Å²) in [6.07, 6.45) is -0.597. The van der Waals surface area contributed by atoms with Gasteiger partial charge in [0.15, 0.2) is 6.10 Å². The van der Waals surface area contributed by atoms with Crippen LogP contribution in [0.3, 0.4) is 0 Å². The molecule has 0 unspecified atom stereocenters. The zero-order valence-corrected chi connectivity index (χ0v) is 11.3. The number of nitro groups is 1. The number of halogens is 1. The van der Waals surface area contributed by atoms with Crippen molar-refractivity contribution in [1.82, 2.24) is 0 Å². The smallest absolute Gasteiger partial charge is 0.347 e. The second kappa shape index (κ2) is 6.94. The maximum Gasteiger partial charge on any atom is 0.347 e. The third kappa shape index (κ3) is 3.82. The first kappa shape index (κ1) is 15.2. The molecule has 1 atom stereocenters. The fourth-order valence-electron chi connectivity index (χ4n) is 1.43. The van der Waals surface area contributed by atoms with E-state index in [9.17, 15) is 14.9 Å². The van der Waals surface area contributed by atoms with Crippen LogP contribution in [-0.2, 0) is 9.53 Å². The Labute approximate surface area is 115 Å². The summed E-state index contributed by atoms with van der Waals surface area (Å²) < 4.78 is 10.2. The highest BCUT2D eigenvalue weighted by molar-refractivity contribution is 6.32. The summed E-state index contributed by atoms with van der Waals surface area (Å²) in [5.74, 6) is -0.687. The van der Waals surface area contributed by atoms with E-state index in [2.05, 4.69) is 0 Å². The molecule has 0 saturated carbocycles. The Kier molecular flexibility index (Phi) is 5.57. The summed E-state index contributed by atoms with van der Waals surface area (Å²) in [7, 11) is 0. The van der Waals surface area contributed by atoms with Crippen LogP contribution in [0.5, 0.6) is 5.75 Å². The third-order valence-electron chi connectivity index (χ3n) is 2.32. The summed E-state index contributed by atoms with van der Waals surface area (Å²) in [6.45, 7) is 3.59. The van der Waals surface area contributed by atoms with Crippen LogP contribution in [0.2, 0.25) is 5.02 Å². The molecule has 0 aliphatic carbocycles. The molecule has 0 aliphatic heterocycles. The lowest BCUT2D eigenvalue weighted by molar-refractivity contribution is -0.386. The van der Waals surface area contributed by atoms with Gasteiger partial charge in [0.25, 0.3) is 0 Å². The number of hydrogen-bond donors (Lipinski definition) is 0. The van der Waals surface area contributed by atoms with E-state index in [1.54, 1.807) is 13.8 Å². The van der Waals surface area contributed by atoms with Crippen LogP contribution in [0.25, 0.3) is 0 Å². The highest BCUT2D eigenvalue weighted by Gasteiger charge is 2.26. The van der Waals surface area contributed by atoms with E-state index in [1.165, 1.54) is 18.2 Å². The Morgan fingerprint density at radius 3 is 2.68 bits per heavy atom. The van der Waals surface area contributed by atoms with Crippen molar-refractivity contribution in [2.45, 2.75) is 26.4 Å². The molecule has 0 radical (unpaired) electrons. The van der Waals surface area contributed by atoms with Gasteiger partial charge in [0.1, 0.15) is 0 Å². The predicted molar refractivity (Wildman–Crippen MR) is 69.4 cm³/mol. The van der Waals surface area contributed by atoms with Crippen molar-refractivity contribution < 1.29 is 19.2 Å². The van der Waals surface area contributed by atoms with Gasteiger partial charge in [0, 0.05) is 6.07 Å². The Morgan fingerprint density at radius 1 is 1.47 bits per heavy atom. The molecule has 0 saturated heterocycles. The van der Waals surface area contributed by atoms with Crippen LogP contribution in [-0.4, -0.2) is 23.6 Å². The molecule has 7 heteroatoms. The summed E-state index contributed by atoms with van der Waals surface area (Å²) in [5.41, 5.74) is -0.282. The number of ether oxygens (including phenoxy) is 2. The van der Waals surface area contributed by atoms with Crippen molar-refractivity contribution >= 4 is 23.3 Å². The fraction of sp³-hybridized carbons (Fsp3) is 0.417. The molecule has 19 heavy (non-hydrogen) atoms.